The zero-order valence-electron chi connectivity index (χ0n) is 15.2. The van der Waals surface area contributed by atoms with Crippen molar-refractivity contribution in [1.82, 2.24) is 5.32 Å². The minimum atomic E-state index is 0.641. The van der Waals surface area contributed by atoms with Crippen LogP contribution in [-0.2, 0) is 9.53 Å². The van der Waals surface area contributed by atoms with Crippen LogP contribution in [0.2, 0.25) is 5.02 Å². The molecule has 4 nitrogen and oxygen atoms in total. The van der Waals surface area contributed by atoms with Gasteiger partial charge in [-0.25, -0.2) is 0 Å². The topological polar surface area (TPSA) is 50.4 Å². The molecule has 2 N–H and O–H groups in total. The Balaban J connectivity index is 0.000000244. The number of amides is 1. The normalized spacial score (nSPS) is 15.1. The van der Waals surface area contributed by atoms with E-state index in [1.54, 1.807) is 0 Å². The van der Waals surface area contributed by atoms with E-state index in [2.05, 4.69) is 16.7 Å². The standard InChI is InChI=1S/C15H15NO2.C7H8ClN/c17-12-16-14-10-6-3-7-11-15(14)18-13-8-4-1-2-5-9-13;1-9-7-4-2-6(8)3-5-7/h1,3-5,7-12H,2,6H2,(H,16,17);2-5,9H,1H3. The fraction of sp³-hybridized carbons (Fsp3) is 0.136. The SMILES string of the molecule is CNc1ccc(Cl)cc1.O=CNC1=CCC=CC=C1OC1=CC=CCC=C1. The van der Waals surface area contributed by atoms with Gasteiger partial charge in [0.25, 0.3) is 0 Å². The number of hydrogen-bond acceptors (Lipinski definition) is 3. The minimum Gasteiger partial charge on any atom is -0.455 e. The highest BCUT2D eigenvalue weighted by atomic mass is 35.5. The highest BCUT2D eigenvalue weighted by molar-refractivity contribution is 6.30. The summed E-state index contributed by atoms with van der Waals surface area (Å²) < 4.78 is 5.80. The van der Waals surface area contributed by atoms with Crippen LogP contribution in [0.4, 0.5) is 5.69 Å². The van der Waals surface area contributed by atoms with E-state index >= 15 is 0 Å². The van der Waals surface area contributed by atoms with E-state index in [4.69, 9.17) is 16.3 Å². The summed E-state index contributed by atoms with van der Waals surface area (Å²) >= 11 is 5.64. The van der Waals surface area contributed by atoms with Crippen molar-refractivity contribution < 1.29 is 9.53 Å². The third-order valence-electron chi connectivity index (χ3n) is 3.63. The van der Waals surface area contributed by atoms with Crippen LogP contribution in [-0.4, -0.2) is 13.5 Å². The van der Waals surface area contributed by atoms with Gasteiger partial charge in [0.05, 0.1) is 5.70 Å². The van der Waals surface area contributed by atoms with E-state index in [9.17, 15) is 4.79 Å². The van der Waals surface area contributed by atoms with Gasteiger partial charge in [0, 0.05) is 17.8 Å². The third-order valence-corrected chi connectivity index (χ3v) is 3.89. The zero-order chi connectivity index (χ0) is 19.3. The monoisotopic (exact) mass is 382 g/mol. The molecule has 1 aromatic rings. The summed E-state index contributed by atoms with van der Waals surface area (Å²) in [5.74, 6) is 1.39. The van der Waals surface area contributed by atoms with Crippen molar-refractivity contribution in [1.29, 1.82) is 0 Å². The number of hydrogen-bond donors (Lipinski definition) is 2. The van der Waals surface area contributed by atoms with Gasteiger partial charge in [-0.1, -0.05) is 48.1 Å². The van der Waals surface area contributed by atoms with E-state index in [0.29, 0.717) is 17.9 Å². The Morgan fingerprint density at radius 1 is 1.04 bits per heavy atom. The fourth-order valence-corrected chi connectivity index (χ4v) is 2.39. The van der Waals surface area contributed by atoms with Crippen LogP contribution < -0.4 is 10.6 Å². The molecule has 0 saturated carbocycles. The molecule has 0 atom stereocenters. The Morgan fingerprint density at radius 3 is 2.52 bits per heavy atom. The second kappa shape index (κ2) is 11.6. The number of anilines is 1. The molecule has 1 amide bonds. The molecular formula is C22H23ClN2O2. The molecule has 2 aliphatic carbocycles. The van der Waals surface area contributed by atoms with Crippen molar-refractivity contribution >= 4 is 23.7 Å². The average Bonchev–Trinajstić information content (AvgIpc) is 3.07. The Morgan fingerprint density at radius 2 is 1.78 bits per heavy atom. The largest absolute Gasteiger partial charge is 0.455 e. The molecule has 2 aliphatic rings. The number of halogens is 1. The lowest BCUT2D eigenvalue weighted by molar-refractivity contribution is -0.109. The maximum absolute atomic E-state index is 10.6. The first kappa shape index (κ1) is 20.3. The molecule has 140 valence electrons. The van der Waals surface area contributed by atoms with Gasteiger partial charge in [-0.3, -0.25) is 4.79 Å². The van der Waals surface area contributed by atoms with Crippen LogP contribution in [0.1, 0.15) is 12.8 Å². The number of rotatable bonds is 5. The molecule has 0 fully saturated rings. The Hall–Kier alpha value is -2.98. The Bertz CT molecular complexity index is 800. The molecule has 3 rings (SSSR count). The average molecular weight is 383 g/mol. The van der Waals surface area contributed by atoms with Crippen LogP contribution in [0.25, 0.3) is 0 Å². The lowest BCUT2D eigenvalue weighted by Gasteiger charge is -2.12. The molecule has 0 aromatic heterocycles. The van der Waals surface area contributed by atoms with E-state index < -0.39 is 0 Å². The van der Waals surface area contributed by atoms with Gasteiger partial charge in [0.2, 0.25) is 6.41 Å². The van der Waals surface area contributed by atoms with Crippen molar-refractivity contribution in [2.75, 3.05) is 12.4 Å². The zero-order valence-corrected chi connectivity index (χ0v) is 15.9. The lowest BCUT2D eigenvalue weighted by Crippen LogP contribution is -2.13. The number of carbonyl (C=O) groups excluding carboxylic acids is 1. The van der Waals surface area contributed by atoms with Crippen molar-refractivity contribution in [3.63, 3.8) is 0 Å². The van der Waals surface area contributed by atoms with Crippen LogP contribution >= 0.6 is 11.6 Å². The second-order valence-electron chi connectivity index (χ2n) is 5.57. The summed E-state index contributed by atoms with van der Waals surface area (Å²) in [4.78, 5) is 10.6. The molecule has 0 spiro atoms. The van der Waals surface area contributed by atoms with Crippen molar-refractivity contribution in [2.24, 2.45) is 0 Å². The summed E-state index contributed by atoms with van der Waals surface area (Å²) in [7, 11) is 1.88. The molecule has 0 unspecified atom stereocenters. The smallest absolute Gasteiger partial charge is 0.211 e. The molecule has 0 heterocycles. The van der Waals surface area contributed by atoms with Gasteiger partial charge in [-0.05, 0) is 55.3 Å². The van der Waals surface area contributed by atoms with Crippen LogP contribution in [0.3, 0.4) is 0 Å². The first-order valence-corrected chi connectivity index (χ1v) is 9.03. The van der Waals surface area contributed by atoms with Gasteiger partial charge in [-0.15, -0.1) is 0 Å². The predicted octanol–water partition coefficient (Wildman–Crippen LogP) is 5.26. The Labute approximate surface area is 165 Å². The van der Waals surface area contributed by atoms with Crippen LogP contribution in [0.15, 0.2) is 96.2 Å². The molecular weight excluding hydrogens is 360 g/mol. The first-order chi connectivity index (χ1) is 13.2. The predicted molar refractivity (Wildman–Crippen MR) is 112 cm³/mol. The molecule has 5 heteroatoms. The fourth-order valence-electron chi connectivity index (χ4n) is 2.26. The second-order valence-corrected chi connectivity index (χ2v) is 6.01. The molecule has 1 aromatic carbocycles. The molecule has 0 bridgehead atoms. The highest BCUT2D eigenvalue weighted by Crippen LogP contribution is 2.19. The number of ether oxygens (including phenoxy) is 1. The minimum absolute atomic E-state index is 0.641. The van der Waals surface area contributed by atoms with E-state index in [1.807, 2.05) is 79.9 Å². The highest BCUT2D eigenvalue weighted by Gasteiger charge is 2.08. The quantitative estimate of drug-likeness (QED) is 0.683. The van der Waals surface area contributed by atoms with E-state index in [-0.39, 0.29) is 0 Å². The molecule has 0 aliphatic heterocycles. The van der Waals surface area contributed by atoms with E-state index in [1.165, 1.54) is 0 Å². The van der Waals surface area contributed by atoms with Gasteiger partial charge >= 0.3 is 0 Å². The number of nitrogens with one attached hydrogen (secondary N) is 2. The summed E-state index contributed by atoms with van der Waals surface area (Å²) in [6.45, 7) is 0. The maximum Gasteiger partial charge on any atom is 0.211 e. The van der Waals surface area contributed by atoms with Crippen LogP contribution in [0, 0.1) is 0 Å². The maximum atomic E-state index is 10.6. The van der Waals surface area contributed by atoms with E-state index in [0.717, 1.165) is 29.3 Å². The number of carbonyl (C=O) groups is 1. The summed E-state index contributed by atoms with van der Waals surface area (Å²) in [5, 5.41) is 6.43. The Kier molecular flexibility index (Phi) is 8.74. The summed E-state index contributed by atoms with van der Waals surface area (Å²) in [6.07, 6.45) is 19.9. The summed E-state index contributed by atoms with van der Waals surface area (Å²) in [5.41, 5.74) is 1.77. The van der Waals surface area contributed by atoms with Crippen molar-refractivity contribution in [3.05, 3.63) is 101 Å². The van der Waals surface area contributed by atoms with Crippen molar-refractivity contribution in [2.45, 2.75) is 12.8 Å². The van der Waals surface area contributed by atoms with Gasteiger partial charge in [-0.2, -0.15) is 0 Å². The third kappa shape index (κ3) is 7.42. The van der Waals surface area contributed by atoms with Gasteiger partial charge in [0.15, 0.2) is 5.76 Å². The molecule has 0 saturated heterocycles. The van der Waals surface area contributed by atoms with Crippen LogP contribution in [0.5, 0.6) is 0 Å². The summed E-state index contributed by atoms with van der Waals surface area (Å²) in [6, 6.07) is 7.57. The number of benzene rings is 1. The van der Waals surface area contributed by atoms with Gasteiger partial charge in [0.1, 0.15) is 5.76 Å². The molecule has 27 heavy (non-hydrogen) atoms. The molecule has 0 radical (unpaired) electrons. The lowest BCUT2D eigenvalue weighted by atomic mass is 10.3. The van der Waals surface area contributed by atoms with Crippen molar-refractivity contribution in [3.8, 4) is 0 Å². The number of allylic oxidation sites excluding steroid dienone is 9. The van der Waals surface area contributed by atoms with Gasteiger partial charge < -0.3 is 15.4 Å². The first-order valence-electron chi connectivity index (χ1n) is 8.65.